The lowest BCUT2D eigenvalue weighted by Gasteiger charge is -2.00. The Labute approximate surface area is 93.2 Å². The fraction of sp³-hybridized carbons (Fsp3) is 0. The number of fused-ring (bicyclic) bond motifs is 1. The molecule has 0 atom stereocenters. The van der Waals surface area contributed by atoms with E-state index in [2.05, 4.69) is 26.7 Å². The van der Waals surface area contributed by atoms with Crippen molar-refractivity contribution in [2.75, 3.05) is 0 Å². The predicted octanol–water partition coefficient (Wildman–Crippen LogP) is 2.51. The van der Waals surface area contributed by atoms with Crippen LogP contribution in [0.4, 0.5) is 0 Å². The Morgan fingerprint density at radius 1 is 1.29 bits per heavy atom. The van der Waals surface area contributed by atoms with Crippen molar-refractivity contribution in [3.63, 3.8) is 0 Å². The van der Waals surface area contributed by atoms with Crippen molar-refractivity contribution in [3.8, 4) is 0 Å². The molecule has 72 valence electrons. The molecule has 0 aliphatic heterocycles. The van der Waals surface area contributed by atoms with Crippen LogP contribution in [-0.4, -0.2) is 13.0 Å². The molecule has 1 aromatic carbocycles. The first-order valence-corrected chi connectivity index (χ1v) is 6.52. The van der Waals surface area contributed by atoms with Crippen molar-refractivity contribution in [1.82, 2.24) is 0 Å². The molecular formula is C8H3BrO3S2. The number of halogens is 1. The number of hydrogen-bond donors (Lipinski definition) is 1. The van der Waals surface area contributed by atoms with Crippen LogP contribution < -0.4 is 0 Å². The van der Waals surface area contributed by atoms with Gasteiger partial charge in [-0.05, 0) is 28.1 Å². The molecule has 0 amide bonds. The first-order chi connectivity index (χ1) is 6.48. The molecular weight excluding hydrogens is 288 g/mol. The van der Waals surface area contributed by atoms with Crippen LogP contribution in [0.5, 0.6) is 0 Å². The van der Waals surface area contributed by atoms with Crippen LogP contribution in [0.3, 0.4) is 0 Å². The Hall–Kier alpha value is -0.430. The molecule has 14 heavy (non-hydrogen) atoms. The Morgan fingerprint density at radius 3 is 2.43 bits per heavy atom. The van der Waals surface area contributed by atoms with Crippen LogP contribution in [0.25, 0.3) is 10.8 Å². The van der Waals surface area contributed by atoms with Crippen LogP contribution in [0.1, 0.15) is 0 Å². The average molecular weight is 291 g/mol. The largest absolute Gasteiger partial charge is 0.295 e. The lowest BCUT2D eigenvalue weighted by Crippen LogP contribution is -1.98. The fourth-order valence-corrected chi connectivity index (χ4v) is 3.19. The third kappa shape index (κ3) is 1.70. The summed E-state index contributed by atoms with van der Waals surface area (Å²) in [5, 5.41) is 7.17. The van der Waals surface area contributed by atoms with Gasteiger partial charge in [-0.2, -0.15) is 8.42 Å². The van der Waals surface area contributed by atoms with E-state index < -0.39 is 10.1 Å². The van der Waals surface area contributed by atoms with Crippen LogP contribution in [0.2, 0.25) is 0 Å². The SMILES string of the molecule is O=S(=O)(O)c1cc2[c]s[c]c2cc1Br. The Kier molecular flexibility index (Phi) is 2.38. The molecule has 0 bridgehead atoms. The molecule has 0 aliphatic rings. The minimum atomic E-state index is -4.18. The predicted molar refractivity (Wildman–Crippen MR) is 57.0 cm³/mol. The summed E-state index contributed by atoms with van der Waals surface area (Å²) in [6.07, 6.45) is 0. The zero-order valence-electron chi connectivity index (χ0n) is 6.61. The molecule has 1 N–H and O–H groups in total. The molecule has 1 heterocycles. The van der Waals surface area contributed by atoms with E-state index in [1.165, 1.54) is 17.4 Å². The standard InChI is InChI=1S/C8H3BrO3S2/c9-7-1-5-3-13-4-6(5)2-8(7)14(10,11)12/h1-2H,(H,10,11,12). The summed E-state index contributed by atoms with van der Waals surface area (Å²) in [7, 11) is -4.18. The van der Waals surface area contributed by atoms with Gasteiger partial charge in [0.2, 0.25) is 0 Å². The summed E-state index contributed by atoms with van der Waals surface area (Å²) in [6.45, 7) is 0. The van der Waals surface area contributed by atoms with Crippen LogP contribution in [0.15, 0.2) is 21.5 Å². The first-order valence-electron chi connectivity index (χ1n) is 3.47. The van der Waals surface area contributed by atoms with Gasteiger partial charge >= 0.3 is 0 Å². The van der Waals surface area contributed by atoms with E-state index in [1.807, 2.05) is 0 Å². The molecule has 0 fully saturated rings. The minimum Gasteiger partial charge on any atom is -0.282 e. The molecule has 2 radical (unpaired) electrons. The van der Waals surface area contributed by atoms with Gasteiger partial charge in [0.1, 0.15) is 4.90 Å². The monoisotopic (exact) mass is 290 g/mol. The third-order valence-electron chi connectivity index (χ3n) is 1.67. The number of rotatable bonds is 1. The van der Waals surface area contributed by atoms with E-state index in [9.17, 15) is 8.42 Å². The van der Waals surface area contributed by atoms with Crippen LogP contribution in [0, 0.1) is 10.8 Å². The highest BCUT2D eigenvalue weighted by molar-refractivity contribution is 9.10. The molecule has 3 nitrogen and oxygen atoms in total. The average Bonchev–Trinajstić information content (AvgIpc) is 2.47. The molecule has 0 unspecified atom stereocenters. The van der Waals surface area contributed by atoms with Gasteiger partial charge in [0.05, 0.1) is 10.8 Å². The number of thiophene rings is 1. The topological polar surface area (TPSA) is 54.4 Å². The van der Waals surface area contributed by atoms with Crippen molar-refractivity contribution in [3.05, 3.63) is 27.4 Å². The van der Waals surface area contributed by atoms with E-state index >= 15 is 0 Å². The summed E-state index contributed by atoms with van der Waals surface area (Å²) < 4.78 is 31.1. The van der Waals surface area contributed by atoms with Crippen LogP contribution >= 0.6 is 27.3 Å². The van der Waals surface area contributed by atoms with Gasteiger partial charge in [-0.25, -0.2) is 0 Å². The van der Waals surface area contributed by atoms with E-state index in [0.717, 1.165) is 5.39 Å². The highest BCUT2D eigenvalue weighted by Gasteiger charge is 2.15. The van der Waals surface area contributed by atoms with Gasteiger partial charge in [0, 0.05) is 15.2 Å². The summed E-state index contributed by atoms with van der Waals surface area (Å²) in [4.78, 5) is -0.145. The smallest absolute Gasteiger partial charge is 0.282 e. The van der Waals surface area contributed by atoms with Gasteiger partial charge in [-0.15, -0.1) is 11.3 Å². The Bertz CT molecular complexity index is 586. The lowest BCUT2D eigenvalue weighted by molar-refractivity contribution is 0.483. The van der Waals surface area contributed by atoms with Crippen LogP contribution in [-0.2, 0) is 10.1 Å². The molecule has 0 saturated carbocycles. The quantitative estimate of drug-likeness (QED) is 0.821. The normalized spacial score (nSPS) is 12.1. The van der Waals surface area contributed by atoms with Crippen molar-refractivity contribution < 1.29 is 13.0 Å². The Balaban J connectivity index is 2.84. The van der Waals surface area contributed by atoms with Crippen molar-refractivity contribution in [1.29, 1.82) is 0 Å². The van der Waals surface area contributed by atoms with Gasteiger partial charge in [0.15, 0.2) is 0 Å². The van der Waals surface area contributed by atoms with Crippen molar-refractivity contribution in [2.24, 2.45) is 0 Å². The van der Waals surface area contributed by atoms with Gasteiger partial charge < -0.3 is 0 Å². The maximum absolute atomic E-state index is 10.9. The fourth-order valence-electron chi connectivity index (χ4n) is 1.06. The van der Waals surface area contributed by atoms with Crippen molar-refractivity contribution in [2.45, 2.75) is 4.90 Å². The van der Waals surface area contributed by atoms with E-state index in [1.54, 1.807) is 6.07 Å². The molecule has 1 aromatic heterocycles. The Morgan fingerprint density at radius 2 is 1.86 bits per heavy atom. The van der Waals surface area contributed by atoms with Crippen molar-refractivity contribution >= 4 is 48.2 Å². The highest BCUT2D eigenvalue weighted by atomic mass is 79.9. The van der Waals surface area contributed by atoms with E-state index in [4.69, 9.17) is 4.55 Å². The lowest BCUT2D eigenvalue weighted by atomic mass is 10.2. The first kappa shape index (κ1) is 10.1. The summed E-state index contributed by atoms with van der Waals surface area (Å²) in [5.41, 5.74) is 0. The van der Waals surface area contributed by atoms with Gasteiger partial charge in [-0.3, -0.25) is 4.55 Å². The van der Waals surface area contributed by atoms with Gasteiger partial charge in [0.25, 0.3) is 10.1 Å². The second-order valence-corrected chi connectivity index (χ2v) is 5.47. The van der Waals surface area contributed by atoms with Gasteiger partial charge in [-0.1, -0.05) is 0 Å². The maximum Gasteiger partial charge on any atom is 0.295 e. The van der Waals surface area contributed by atoms with E-state index in [0.29, 0.717) is 9.86 Å². The number of benzene rings is 1. The minimum absolute atomic E-state index is 0.145. The van der Waals surface area contributed by atoms with E-state index in [-0.39, 0.29) is 4.90 Å². The molecule has 0 saturated heterocycles. The molecule has 2 aromatic rings. The third-order valence-corrected chi connectivity index (χ3v) is 4.13. The molecule has 0 spiro atoms. The summed E-state index contributed by atoms with van der Waals surface area (Å²) in [6, 6.07) is 2.95. The number of hydrogen-bond acceptors (Lipinski definition) is 3. The molecule has 6 heteroatoms. The highest BCUT2D eigenvalue weighted by Crippen LogP contribution is 2.28. The second-order valence-electron chi connectivity index (χ2n) is 2.61. The second kappa shape index (κ2) is 3.30. The maximum atomic E-state index is 10.9. The zero-order valence-corrected chi connectivity index (χ0v) is 9.83. The zero-order chi connectivity index (χ0) is 10.3. The molecule has 2 rings (SSSR count). The molecule has 0 aliphatic carbocycles. The summed E-state index contributed by atoms with van der Waals surface area (Å²) in [5.74, 6) is 0. The summed E-state index contributed by atoms with van der Waals surface area (Å²) >= 11 is 4.30.